The number of halogens is 3. The summed E-state index contributed by atoms with van der Waals surface area (Å²) in [7, 11) is 0. The highest BCUT2D eigenvalue weighted by Crippen LogP contribution is 2.26. The molecule has 3 nitrogen and oxygen atoms in total. The fourth-order valence-electron chi connectivity index (χ4n) is 2.27. The molecule has 1 rings (SSSR count). The Morgan fingerprint density at radius 1 is 1.38 bits per heavy atom. The van der Waals surface area contributed by atoms with E-state index in [1.54, 1.807) is 0 Å². The molecule has 1 saturated heterocycles. The van der Waals surface area contributed by atoms with Gasteiger partial charge in [0.1, 0.15) is 6.04 Å². The van der Waals surface area contributed by atoms with E-state index < -0.39 is 12.2 Å². The molecule has 1 aliphatic rings. The average Bonchev–Trinajstić information content (AvgIpc) is 2.17. The molecule has 1 heterocycles. The molecule has 0 bridgehead atoms. The van der Waals surface area contributed by atoms with Crippen LogP contribution in [0.25, 0.3) is 0 Å². The van der Waals surface area contributed by atoms with Crippen LogP contribution in [-0.4, -0.2) is 60.8 Å². The number of nitrogens with two attached hydrogens (primary N) is 1. The van der Waals surface area contributed by atoms with Crippen LogP contribution < -0.4 is 5.73 Å². The summed E-state index contributed by atoms with van der Waals surface area (Å²) in [5.74, 6) is 0. The van der Waals surface area contributed by atoms with Crippen molar-refractivity contribution in [3.63, 3.8) is 0 Å². The van der Waals surface area contributed by atoms with Crippen LogP contribution in [0, 0.1) is 0 Å². The zero-order chi connectivity index (χ0) is 12.3. The first-order valence-electron chi connectivity index (χ1n) is 5.65. The van der Waals surface area contributed by atoms with E-state index >= 15 is 0 Å². The molecule has 0 radical (unpaired) electrons. The van der Waals surface area contributed by atoms with Gasteiger partial charge in [-0.1, -0.05) is 6.92 Å². The van der Waals surface area contributed by atoms with Crippen molar-refractivity contribution >= 4 is 0 Å². The zero-order valence-electron chi connectivity index (χ0n) is 9.80. The van der Waals surface area contributed by atoms with Crippen LogP contribution >= 0.6 is 0 Å². The Kier molecular flexibility index (Phi) is 4.58. The zero-order valence-corrected chi connectivity index (χ0v) is 9.80. The lowest BCUT2D eigenvalue weighted by atomic mass is 10.1. The van der Waals surface area contributed by atoms with Gasteiger partial charge in [0.15, 0.2) is 0 Å². The minimum absolute atomic E-state index is 0.162. The van der Waals surface area contributed by atoms with Gasteiger partial charge in [0.25, 0.3) is 0 Å². The highest BCUT2D eigenvalue weighted by atomic mass is 19.4. The van der Waals surface area contributed by atoms with Crippen molar-refractivity contribution < 1.29 is 13.2 Å². The van der Waals surface area contributed by atoms with Crippen molar-refractivity contribution in [1.29, 1.82) is 0 Å². The van der Waals surface area contributed by atoms with Crippen molar-refractivity contribution in [1.82, 2.24) is 9.80 Å². The van der Waals surface area contributed by atoms with Crippen LogP contribution in [0.1, 0.15) is 13.8 Å². The van der Waals surface area contributed by atoms with Crippen LogP contribution in [0.4, 0.5) is 13.2 Å². The van der Waals surface area contributed by atoms with Gasteiger partial charge < -0.3 is 5.73 Å². The summed E-state index contributed by atoms with van der Waals surface area (Å²) in [6.45, 7) is 6.08. The molecule has 0 aromatic rings. The van der Waals surface area contributed by atoms with Gasteiger partial charge in [-0.2, -0.15) is 13.2 Å². The Morgan fingerprint density at radius 2 is 2.00 bits per heavy atom. The second kappa shape index (κ2) is 5.33. The molecule has 0 aromatic carbocycles. The maximum Gasteiger partial charge on any atom is 0.405 e. The number of hydrogen-bond donors (Lipinski definition) is 1. The van der Waals surface area contributed by atoms with E-state index in [4.69, 9.17) is 5.73 Å². The van der Waals surface area contributed by atoms with Gasteiger partial charge in [0, 0.05) is 32.2 Å². The lowest BCUT2D eigenvalue weighted by Gasteiger charge is -2.43. The molecule has 2 unspecified atom stereocenters. The lowest BCUT2D eigenvalue weighted by Crippen LogP contribution is -2.59. The van der Waals surface area contributed by atoms with Gasteiger partial charge in [-0.15, -0.1) is 0 Å². The molecule has 6 heteroatoms. The highest BCUT2D eigenvalue weighted by molar-refractivity contribution is 4.86. The predicted octanol–water partition coefficient (Wildman–Crippen LogP) is 0.902. The normalized spacial score (nSPS) is 27.0. The molecule has 0 amide bonds. The highest BCUT2D eigenvalue weighted by Gasteiger charge is 2.44. The van der Waals surface area contributed by atoms with Crippen LogP contribution in [0.15, 0.2) is 0 Å². The third kappa shape index (κ3) is 3.09. The van der Waals surface area contributed by atoms with Gasteiger partial charge in [-0.3, -0.25) is 9.80 Å². The molecule has 1 fully saturated rings. The summed E-state index contributed by atoms with van der Waals surface area (Å²) in [4.78, 5) is 3.64. The van der Waals surface area contributed by atoms with Crippen molar-refractivity contribution in [3.05, 3.63) is 0 Å². The Morgan fingerprint density at radius 3 is 2.38 bits per heavy atom. The molecular weight excluding hydrogens is 219 g/mol. The van der Waals surface area contributed by atoms with Crippen molar-refractivity contribution in [3.8, 4) is 0 Å². The maximum atomic E-state index is 12.7. The summed E-state index contributed by atoms with van der Waals surface area (Å²) in [6.07, 6.45) is -4.22. The first-order valence-corrected chi connectivity index (χ1v) is 5.65. The SMILES string of the molecule is CCN1CCN(C(CN)C(F)(F)F)CC1C. The second-order valence-electron chi connectivity index (χ2n) is 4.27. The summed E-state index contributed by atoms with van der Waals surface area (Å²) in [5.41, 5.74) is 5.23. The van der Waals surface area contributed by atoms with E-state index in [0.717, 1.165) is 6.54 Å². The standard InChI is InChI=1S/C10H20F3N3/c1-3-15-4-5-16(7-8(15)2)9(6-14)10(11,12)13/h8-9H,3-7,14H2,1-2H3. The maximum absolute atomic E-state index is 12.7. The molecular formula is C10H20F3N3. The Balaban J connectivity index is 2.62. The summed E-state index contributed by atoms with van der Waals surface area (Å²) < 4.78 is 38.0. The van der Waals surface area contributed by atoms with E-state index in [-0.39, 0.29) is 12.6 Å². The monoisotopic (exact) mass is 239 g/mol. The lowest BCUT2D eigenvalue weighted by molar-refractivity contribution is -0.186. The average molecular weight is 239 g/mol. The topological polar surface area (TPSA) is 32.5 Å². The Hall–Kier alpha value is -0.330. The molecule has 0 spiro atoms. The van der Waals surface area contributed by atoms with Crippen molar-refractivity contribution in [2.24, 2.45) is 5.73 Å². The fraction of sp³-hybridized carbons (Fsp3) is 1.00. The second-order valence-corrected chi connectivity index (χ2v) is 4.27. The predicted molar refractivity (Wildman–Crippen MR) is 57.2 cm³/mol. The van der Waals surface area contributed by atoms with Crippen molar-refractivity contribution in [2.45, 2.75) is 32.1 Å². The third-order valence-electron chi connectivity index (χ3n) is 3.24. The summed E-state index contributed by atoms with van der Waals surface area (Å²) in [6, 6.07) is -1.33. The van der Waals surface area contributed by atoms with E-state index in [1.165, 1.54) is 4.90 Å². The minimum atomic E-state index is -4.22. The molecule has 2 atom stereocenters. The first kappa shape index (κ1) is 13.7. The van der Waals surface area contributed by atoms with E-state index in [9.17, 15) is 13.2 Å². The molecule has 16 heavy (non-hydrogen) atoms. The van der Waals surface area contributed by atoms with Gasteiger partial charge >= 0.3 is 6.18 Å². The number of alkyl halides is 3. The first-order chi connectivity index (χ1) is 7.40. The molecule has 1 aliphatic heterocycles. The number of piperazine rings is 1. The van der Waals surface area contributed by atoms with E-state index in [2.05, 4.69) is 4.90 Å². The number of hydrogen-bond acceptors (Lipinski definition) is 3. The number of nitrogens with zero attached hydrogens (tertiary/aromatic N) is 2. The van der Waals surface area contributed by atoms with Gasteiger partial charge in [0.2, 0.25) is 0 Å². The Labute approximate surface area is 94.4 Å². The number of rotatable bonds is 3. The smallest absolute Gasteiger partial charge is 0.329 e. The molecule has 2 N–H and O–H groups in total. The third-order valence-corrected chi connectivity index (χ3v) is 3.24. The van der Waals surface area contributed by atoms with Gasteiger partial charge in [-0.25, -0.2) is 0 Å². The van der Waals surface area contributed by atoms with Crippen LogP contribution in [0.2, 0.25) is 0 Å². The van der Waals surface area contributed by atoms with E-state index in [1.807, 2.05) is 13.8 Å². The van der Waals surface area contributed by atoms with Crippen LogP contribution in [-0.2, 0) is 0 Å². The van der Waals surface area contributed by atoms with Gasteiger partial charge in [0.05, 0.1) is 0 Å². The van der Waals surface area contributed by atoms with Crippen LogP contribution in [0.3, 0.4) is 0 Å². The summed E-state index contributed by atoms with van der Waals surface area (Å²) in [5, 5.41) is 0. The summed E-state index contributed by atoms with van der Waals surface area (Å²) >= 11 is 0. The molecule has 0 aliphatic carbocycles. The Bertz CT molecular complexity index is 220. The number of likely N-dealkylation sites (N-methyl/N-ethyl adjacent to an activating group) is 1. The molecule has 0 saturated carbocycles. The van der Waals surface area contributed by atoms with Crippen molar-refractivity contribution in [2.75, 3.05) is 32.7 Å². The minimum Gasteiger partial charge on any atom is -0.329 e. The van der Waals surface area contributed by atoms with Crippen LogP contribution in [0.5, 0.6) is 0 Å². The fourth-order valence-corrected chi connectivity index (χ4v) is 2.27. The largest absolute Gasteiger partial charge is 0.405 e. The van der Waals surface area contributed by atoms with E-state index in [0.29, 0.717) is 19.6 Å². The van der Waals surface area contributed by atoms with Gasteiger partial charge in [-0.05, 0) is 13.5 Å². The quantitative estimate of drug-likeness (QED) is 0.794. The molecule has 0 aromatic heterocycles. The molecule has 96 valence electrons.